The van der Waals surface area contributed by atoms with Gasteiger partial charge in [0.1, 0.15) is 19.3 Å². The van der Waals surface area contributed by atoms with Gasteiger partial charge in [0.05, 0.1) is 6.61 Å². The third kappa shape index (κ3) is 45.7. The molecule has 0 amide bonds. The van der Waals surface area contributed by atoms with Crippen molar-refractivity contribution in [3.05, 3.63) is 0 Å². The largest absolute Gasteiger partial charge is 0.465 e. The number of esters is 5. The van der Waals surface area contributed by atoms with E-state index in [2.05, 4.69) is 27.7 Å². The Balaban J connectivity index is 4.68. The molecule has 0 saturated heterocycles. The minimum Gasteiger partial charge on any atom is -0.465 e. The number of carbonyl (C=O) groups excluding carboxylic acids is 5. The second-order valence-electron chi connectivity index (χ2n) is 20.0. The van der Waals surface area contributed by atoms with E-state index in [1.54, 1.807) is 0 Å². The molecule has 68 heavy (non-hydrogen) atoms. The lowest BCUT2D eigenvalue weighted by Gasteiger charge is -2.19. The number of hydrogen-bond acceptors (Lipinski definition) is 11. The summed E-state index contributed by atoms with van der Waals surface area (Å²) in [6, 6.07) is 0. The van der Waals surface area contributed by atoms with Crippen molar-refractivity contribution in [3.8, 4) is 0 Å². The molecule has 0 spiro atoms. The van der Waals surface area contributed by atoms with Gasteiger partial charge in [-0.1, -0.05) is 175 Å². The number of carbonyl (C=O) groups is 5. The van der Waals surface area contributed by atoms with E-state index in [0.717, 1.165) is 64.3 Å². The summed E-state index contributed by atoms with van der Waals surface area (Å²) in [5.41, 5.74) is 0. The first-order chi connectivity index (χ1) is 33.0. The topological polar surface area (TPSA) is 135 Å². The number of unbranched alkanes of at least 4 members (excludes halogenated alkanes) is 23. The van der Waals surface area contributed by atoms with Crippen molar-refractivity contribution < 1.29 is 47.7 Å². The van der Waals surface area contributed by atoms with Gasteiger partial charge in [0, 0.05) is 32.1 Å². The molecule has 2 unspecified atom stereocenters. The summed E-state index contributed by atoms with van der Waals surface area (Å²) < 4.78 is 28.3. The van der Waals surface area contributed by atoms with Crippen LogP contribution in [0.5, 0.6) is 0 Å². The molecule has 0 rings (SSSR count). The first-order valence-corrected chi connectivity index (χ1v) is 28.5. The molecule has 0 bridgehead atoms. The van der Waals surface area contributed by atoms with Gasteiger partial charge in [0.25, 0.3) is 0 Å². The molecule has 11 nitrogen and oxygen atoms in total. The first-order valence-electron chi connectivity index (χ1n) is 28.5. The summed E-state index contributed by atoms with van der Waals surface area (Å²) in [5, 5.41) is 0. The fourth-order valence-corrected chi connectivity index (χ4v) is 8.50. The zero-order valence-corrected chi connectivity index (χ0v) is 45.2. The second-order valence-corrected chi connectivity index (χ2v) is 20.0. The van der Waals surface area contributed by atoms with Gasteiger partial charge in [0.15, 0.2) is 6.10 Å². The van der Waals surface area contributed by atoms with E-state index in [4.69, 9.17) is 23.7 Å². The molecule has 0 N–H and O–H groups in total. The zero-order chi connectivity index (χ0) is 50.1. The maximum Gasteiger partial charge on any atom is 0.306 e. The van der Waals surface area contributed by atoms with Crippen LogP contribution in [0, 0.1) is 5.92 Å². The zero-order valence-electron chi connectivity index (χ0n) is 45.2. The van der Waals surface area contributed by atoms with E-state index in [9.17, 15) is 24.0 Å². The first kappa shape index (κ1) is 65.3. The Morgan fingerprint density at radius 2 is 0.618 bits per heavy atom. The minimum absolute atomic E-state index is 0.00900. The smallest absolute Gasteiger partial charge is 0.306 e. The van der Waals surface area contributed by atoms with Crippen LogP contribution in [0.3, 0.4) is 0 Å². The van der Waals surface area contributed by atoms with Crippen LogP contribution in [0.2, 0.25) is 0 Å². The van der Waals surface area contributed by atoms with Gasteiger partial charge in [0.2, 0.25) is 0 Å². The highest BCUT2D eigenvalue weighted by Crippen LogP contribution is 2.21. The Morgan fingerprint density at radius 1 is 0.324 bits per heavy atom. The SMILES string of the molecule is CCCCCCCCC(CCCCCC)COC(=O)CCCCCCC(=O)OCC(COC(=O)CCCCCC(=O)OC(CCCCCCCC)CCCCCCCC)OC(=O)CCCN(C)C. The lowest BCUT2D eigenvalue weighted by Crippen LogP contribution is -2.31. The van der Waals surface area contributed by atoms with Crippen LogP contribution in [0.15, 0.2) is 0 Å². The van der Waals surface area contributed by atoms with Crippen LogP contribution >= 0.6 is 0 Å². The van der Waals surface area contributed by atoms with Crippen LogP contribution in [-0.4, -0.2) is 87.4 Å². The molecule has 0 aromatic heterocycles. The second kappa shape index (κ2) is 49.3. The van der Waals surface area contributed by atoms with Crippen molar-refractivity contribution in [2.24, 2.45) is 5.92 Å². The molecule has 0 aromatic carbocycles. The molecule has 0 fully saturated rings. The fourth-order valence-electron chi connectivity index (χ4n) is 8.50. The number of nitrogens with zero attached hydrogens (tertiary/aromatic N) is 1. The highest BCUT2D eigenvalue weighted by Gasteiger charge is 2.20. The Bertz CT molecular complexity index is 1180. The minimum atomic E-state index is -0.905. The van der Waals surface area contributed by atoms with Gasteiger partial charge >= 0.3 is 29.8 Å². The maximum absolute atomic E-state index is 12.8. The molecule has 2 atom stereocenters. The van der Waals surface area contributed by atoms with Crippen LogP contribution in [0.25, 0.3) is 0 Å². The van der Waals surface area contributed by atoms with Gasteiger partial charge in [-0.2, -0.15) is 0 Å². The third-order valence-corrected chi connectivity index (χ3v) is 12.9. The standard InChI is InChI=1S/C57H107NO10/c1-7-11-15-19-22-29-38-50(37-28-18-14-10-4)47-64-53(59)41-32-25-26-33-42-54(60)65-48-52(68-57(63)45-36-46-58(5)6)49-66-55(61)43-34-27-35-44-56(62)67-51(39-30-23-20-16-12-8-2)40-31-24-21-17-13-9-3/h50-52H,7-49H2,1-6H3. The monoisotopic (exact) mass is 966 g/mol. The van der Waals surface area contributed by atoms with E-state index in [0.29, 0.717) is 57.5 Å². The summed E-state index contributed by atoms with van der Waals surface area (Å²) >= 11 is 0. The Morgan fingerprint density at radius 3 is 1.03 bits per heavy atom. The summed E-state index contributed by atoms with van der Waals surface area (Å²) in [5.74, 6) is -1.10. The van der Waals surface area contributed by atoms with E-state index in [1.165, 1.54) is 128 Å². The van der Waals surface area contributed by atoms with Gasteiger partial charge in [-0.05, 0) is 97.2 Å². The average Bonchev–Trinajstić information content (AvgIpc) is 3.31. The molecule has 0 saturated carbocycles. The summed E-state index contributed by atoms with van der Waals surface area (Å²) in [6.07, 6.45) is 37.2. The molecular formula is C57H107NO10. The van der Waals surface area contributed by atoms with Crippen LogP contribution in [0.4, 0.5) is 0 Å². The number of rotatable bonds is 51. The Labute approximate surface area is 417 Å². The summed E-state index contributed by atoms with van der Waals surface area (Å²) in [4.78, 5) is 65.4. The highest BCUT2D eigenvalue weighted by atomic mass is 16.6. The molecule has 0 aromatic rings. The van der Waals surface area contributed by atoms with Gasteiger partial charge in [-0.3, -0.25) is 24.0 Å². The number of ether oxygens (including phenoxy) is 5. The molecule has 0 aliphatic rings. The van der Waals surface area contributed by atoms with Gasteiger partial charge < -0.3 is 28.6 Å². The van der Waals surface area contributed by atoms with Gasteiger partial charge in [-0.15, -0.1) is 0 Å². The fraction of sp³-hybridized carbons (Fsp3) is 0.912. The van der Waals surface area contributed by atoms with E-state index >= 15 is 0 Å². The average molecular weight is 966 g/mol. The molecule has 0 aliphatic carbocycles. The Hall–Kier alpha value is -2.69. The van der Waals surface area contributed by atoms with Crippen molar-refractivity contribution in [1.29, 1.82) is 0 Å². The van der Waals surface area contributed by atoms with Crippen LogP contribution in [0.1, 0.15) is 278 Å². The summed E-state index contributed by atoms with van der Waals surface area (Å²) in [6.45, 7) is 9.77. The quantitative estimate of drug-likeness (QED) is 0.0327. The van der Waals surface area contributed by atoms with E-state index in [1.807, 2.05) is 19.0 Å². The predicted molar refractivity (Wildman–Crippen MR) is 277 cm³/mol. The predicted octanol–water partition coefficient (Wildman–Crippen LogP) is 14.9. The van der Waals surface area contributed by atoms with Crippen molar-refractivity contribution in [1.82, 2.24) is 4.90 Å². The van der Waals surface area contributed by atoms with Crippen LogP contribution in [-0.2, 0) is 47.7 Å². The summed E-state index contributed by atoms with van der Waals surface area (Å²) in [7, 11) is 3.87. The number of hydrogen-bond donors (Lipinski definition) is 0. The lowest BCUT2D eigenvalue weighted by atomic mass is 9.95. The van der Waals surface area contributed by atoms with Crippen molar-refractivity contribution in [2.45, 2.75) is 290 Å². The van der Waals surface area contributed by atoms with Crippen molar-refractivity contribution in [3.63, 3.8) is 0 Å². The lowest BCUT2D eigenvalue weighted by molar-refractivity contribution is -0.167. The van der Waals surface area contributed by atoms with Gasteiger partial charge in [-0.25, -0.2) is 0 Å². The van der Waals surface area contributed by atoms with Crippen molar-refractivity contribution >= 4 is 29.8 Å². The molecule has 400 valence electrons. The molecule has 11 heteroatoms. The molecule has 0 aliphatic heterocycles. The molecule has 0 heterocycles. The van der Waals surface area contributed by atoms with Crippen LogP contribution < -0.4 is 0 Å². The van der Waals surface area contributed by atoms with Crippen molar-refractivity contribution in [2.75, 3.05) is 40.5 Å². The van der Waals surface area contributed by atoms with E-state index < -0.39 is 24.0 Å². The third-order valence-electron chi connectivity index (χ3n) is 12.9. The molecule has 0 radical (unpaired) electrons. The Kier molecular flexibility index (Phi) is 47.3. The normalized spacial score (nSPS) is 12.3. The highest BCUT2D eigenvalue weighted by molar-refractivity contribution is 5.71. The van der Waals surface area contributed by atoms with E-state index in [-0.39, 0.29) is 50.5 Å². The molecular weight excluding hydrogens is 859 g/mol. The maximum atomic E-state index is 12.8.